The number of nitro benzene ring substituents is 2. The smallest absolute Gasteiger partial charge is 0.300 e. The van der Waals surface area contributed by atoms with Gasteiger partial charge in [-0.15, -0.1) is 0 Å². The third kappa shape index (κ3) is 10.8. The molecule has 16 nitrogen and oxygen atoms in total. The fraction of sp³-hybridized carbons (Fsp3) is 0.564. The van der Waals surface area contributed by atoms with Crippen LogP contribution in [0.3, 0.4) is 0 Å². The summed E-state index contributed by atoms with van der Waals surface area (Å²) in [4.78, 5) is 54.9. The molecule has 4 N–H and O–H groups in total. The number of aliphatic hydroxyl groups is 2. The van der Waals surface area contributed by atoms with E-state index in [9.17, 15) is 48.4 Å². The van der Waals surface area contributed by atoms with Crippen molar-refractivity contribution in [1.29, 1.82) is 0 Å². The molecule has 17 heteroatoms. The van der Waals surface area contributed by atoms with Gasteiger partial charge in [0.25, 0.3) is 11.4 Å². The molecule has 5 atom stereocenters. The molecule has 0 saturated heterocycles. The highest BCUT2D eigenvalue weighted by Gasteiger charge is 2.41. The number of hydrogen-bond acceptors (Lipinski definition) is 11. The first kappa shape index (κ1) is 42.4. The van der Waals surface area contributed by atoms with Crippen LogP contribution in [0.2, 0.25) is 0 Å². The lowest BCUT2D eigenvalue weighted by molar-refractivity contribution is -0.394. The predicted octanol–water partition coefficient (Wildman–Crippen LogP) is 4.38. The monoisotopic (exact) mass is 796 g/mol. The van der Waals surface area contributed by atoms with Crippen molar-refractivity contribution in [3.63, 3.8) is 0 Å². The van der Waals surface area contributed by atoms with Gasteiger partial charge in [0.15, 0.2) is 9.84 Å². The Bertz CT molecular complexity index is 1970. The maximum absolute atomic E-state index is 14.5. The van der Waals surface area contributed by atoms with Gasteiger partial charge in [-0.3, -0.25) is 34.4 Å². The number of hydrogen-bond donors (Lipinski definition) is 4. The fourth-order valence-electron chi connectivity index (χ4n) is 7.32. The minimum Gasteiger partial charge on any atom is -0.390 e. The Morgan fingerprint density at radius 2 is 1.61 bits per heavy atom. The molecule has 2 aliphatic rings. The number of benzene rings is 2. The molecule has 0 bridgehead atoms. The van der Waals surface area contributed by atoms with Crippen LogP contribution in [0.15, 0.2) is 61.1 Å². The largest absolute Gasteiger partial charge is 0.390 e. The molecule has 1 aromatic heterocycles. The highest BCUT2D eigenvalue weighted by Crippen LogP contribution is 2.36. The van der Waals surface area contributed by atoms with Gasteiger partial charge in [0, 0.05) is 24.4 Å². The lowest BCUT2D eigenvalue weighted by Crippen LogP contribution is -2.57. The third-order valence-electron chi connectivity index (χ3n) is 10.9. The standard InChI is InChI=1S/C39H52N6O10S/c1-39(2,3)56(54,55)23-28(18-25-10-6-4-7-11-25)37(48)42-32(20-30-22-40-24-43(30)33-17-16-29(44(50)51)21-34(33)45(52)53)38(49)41-31(19-26-12-8-5-9-13-26)36(47)35(46)27-14-15-27/h4,6-7,10-11,16-17,21-22,24,26-28,31-32,35-36,46-47H,5,8-9,12-15,18-20,23H2,1-3H3,(H,41,49)(H,42,48)/t28?,31-,32?,35-,36+/m0/s1. The zero-order chi connectivity index (χ0) is 40.8. The molecular weight excluding hydrogens is 745 g/mol. The van der Waals surface area contributed by atoms with E-state index in [0.29, 0.717) is 12.0 Å². The van der Waals surface area contributed by atoms with Gasteiger partial charge in [0.2, 0.25) is 11.8 Å². The summed E-state index contributed by atoms with van der Waals surface area (Å²) in [6, 6.07) is 9.70. The Hall–Kier alpha value is -4.74. The second kappa shape index (κ2) is 18.0. The van der Waals surface area contributed by atoms with Gasteiger partial charge < -0.3 is 20.8 Å². The molecule has 304 valence electrons. The number of aliphatic hydroxyl groups excluding tert-OH is 2. The van der Waals surface area contributed by atoms with Gasteiger partial charge in [-0.05, 0) is 69.9 Å². The Balaban J connectivity index is 1.51. The van der Waals surface area contributed by atoms with Crippen molar-refractivity contribution in [2.75, 3.05) is 5.75 Å². The van der Waals surface area contributed by atoms with Gasteiger partial charge in [0.1, 0.15) is 17.8 Å². The maximum Gasteiger partial charge on any atom is 0.300 e. The predicted molar refractivity (Wildman–Crippen MR) is 208 cm³/mol. The van der Waals surface area contributed by atoms with Gasteiger partial charge in [-0.25, -0.2) is 13.4 Å². The molecule has 2 amide bonds. The molecule has 0 radical (unpaired) electrons. The van der Waals surface area contributed by atoms with Crippen LogP contribution in [0.5, 0.6) is 0 Å². The van der Waals surface area contributed by atoms with Crippen molar-refractivity contribution >= 4 is 33.0 Å². The molecule has 5 rings (SSSR count). The summed E-state index contributed by atoms with van der Waals surface area (Å²) < 4.78 is 27.1. The van der Waals surface area contributed by atoms with Crippen molar-refractivity contribution in [2.45, 2.75) is 114 Å². The first-order valence-electron chi connectivity index (χ1n) is 19.1. The molecule has 56 heavy (non-hydrogen) atoms. The number of aromatic nitrogens is 2. The number of nitrogens with one attached hydrogen (secondary N) is 2. The molecule has 0 spiro atoms. The quantitative estimate of drug-likeness (QED) is 0.104. The number of nitro groups is 2. The molecule has 0 aliphatic heterocycles. The zero-order valence-corrected chi connectivity index (χ0v) is 32.8. The summed E-state index contributed by atoms with van der Waals surface area (Å²) in [6.45, 7) is 4.63. The Morgan fingerprint density at radius 1 is 0.929 bits per heavy atom. The summed E-state index contributed by atoms with van der Waals surface area (Å²) in [6.07, 6.45) is 6.76. The lowest BCUT2D eigenvalue weighted by Gasteiger charge is -2.33. The maximum atomic E-state index is 14.5. The second-order valence-corrected chi connectivity index (χ2v) is 18.9. The minimum absolute atomic E-state index is 0.0415. The molecule has 2 aliphatic carbocycles. The molecule has 3 aromatic rings. The van der Waals surface area contributed by atoms with E-state index >= 15 is 0 Å². The van der Waals surface area contributed by atoms with Gasteiger partial charge in [-0.2, -0.15) is 0 Å². The van der Waals surface area contributed by atoms with Crippen molar-refractivity contribution < 1.29 is 38.1 Å². The number of imidazole rings is 1. The first-order chi connectivity index (χ1) is 26.4. The zero-order valence-electron chi connectivity index (χ0n) is 32.0. The van der Waals surface area contributed by atoms with E-state index in [1.54, 1.807) is 51.1 Å². The molecule has 2 fully saturated rings. The van der Waals surface area contributed by atoms with Crippen LogP contribution in [0.25, 0.3) is 5.69 Å². The summed E-state index contributed by atoms with van der Waals surface area (Å²) in [7, 11) is -3.84. The van der Waals surface area contributed by atoms with Crippen LogP contribution < -0.4 is 10.6 Å². The number of amides is 2. The average molecular weight is 797 g/mol. The number of sulfone groups is 1. The summed E-state index contributed by atoms with van der Waals surface area (Å²) in [5.74, 6) is -3.00. The van der Waals surface area contributed by atoms with E-state index in [4.69, 9.17) is 0 Å². The normalized spacial score (nSPS) is 17.9. The van der Waals surface area contributed by atoms with Gasteiger partial charge in [0.05, 0.1) is 50.8 Å². The van der Waals surface area contributed by atoms with E-state index in [-0.39, 0.29) is 36.1 Å². The minimum atomic E-state index is -3.84. The van der Waals surface area contributed by atoms with E-state index < -0.39 is 83.6 Å². The number of carbonyl (C=O) groups excluding carboxylic acids is 2. The van der Waals surface area contributed by atoms with Crippen molar-refractivity contribution in [3.05, 3.63) is 92.5 Å². The van der Waals surface area contributed by atoms with E-state index in [1.807, 2.05) is 0 Å². The molecule has 2 unspecified atom stereocenters. The Labute approximate surface area is 326 Å². The Kier molecular flexibility index (Phi) is 13.6. The SMILES string of the molecule is CC(C)(C)S(=O)(=O)CC(Cc1ccccc1)C(=O)NC(Cc1cncn1-c1ccc([N+](=O)[O-])cc1[N+](=O)[O-])C(=O)N[C@@H](CC1CCCCC1)[C@@H](O)[C@@H](O)C1CC1. The van der Waals surface area contributed by atoms with Crippen molar-refractivity contribution in [1.82, 2.24) is 20.2 Å². The van der Waals surface area contributed by atoms with Crippen LogP contribution in [-0.2, 0) is 32.3 Å². The van der Waals surface area contributed by atoms with Crippen molar-refractivity contribution in [3.8, 4) is 5.69 Å². The molecule has 1 heterocycles. The van der Waals surface area contributed by atoms with Crippen LogP contribution in [-0.4, -0.2) is 84.6 Å². The van der Waals surface area contributed by atoms with E-state index in [1.165, 1.54) is 23.2 Å². The molecule has 2 aromatic carbocycles. The third-order valence-corrected chi connectivity index (χ3v) is 13.7. The van der Waals surface area contributed by atoms with E-state index in [0.717, 1.165) is 57.1 Å². The number of rotatable bonds is 18. The number of nitrogens with zero attached hydrogens (tertiary/aromatic N) is 4. The number of carbonyl (C=O) groups is 2. The van der Waals surface area contributed by atoms with Crippen LogP contribution in [0.1, 0.15) is 83.4 Å². The summed E-state index contributed by atoms with van der Waals surface area (Å²) in [5.41, 5.74) is -0.256. The summed E-state index contributed by atoms with van der Waals surface area (Å²) in [5, 5.41) is 51.6. The fourth-order valence-corrected chi connectivity index (χ4v) is 8.62. The topological polar surface area (TPSA) is 237 Å². The van der Waals surface area contributed by atoms with Crippen LogP contribution in [0, 0.1) is 38.0 Å². The average Bonchev–Trinajstić information content (AvgIpc) is 3.91. The molecule has 2 saturated carbocycles. The van der Waals surface area contributed by atoms with Crippen molar-refractivity contribution in [2.24, 2.45) is 17.8 Å². The first-order valence-corrected chi connectivity index (χ1v) is 20.8. The lowest BCUT2D eigenvalue weighted by atomic mass is 9.82. The van der Waals surface area contributed by atoms with Gasteiger partial charge >= 0.3 is 0 Å². The number of non-ortho nitro benzene ring substituents is 1. The van der Waals surface area contributed by atoms with Crippen LogP contribution >= 0.6 is 0 Å². The highest BCUT2D eigenvalue weighted by molar-refractivity contribution is 7.92. The van der Waals surface area contributed by atoms with Crippen LogP contribution in [0.4, 0.5) is 11.4 Å². The van der Waals surface area contributed by atoms with Gasteiger partial charge in [-0.1, -0.05) is 62.4 Å². The molecular formula is C39H52N6O10S. The Morgan fingerprint density at radius 3 is 2.21 bits per heavy atom. The second-order valence-electron chi connectivity index (χ2n) is 16.2. The highest BCUT2D eigenvalue weighted by atomic mass is 32.2. The van der Waals surface area contributed by atoms with E-state index in [2.05, 4.69) is 15.6 Å². The summed E-state index contributed by atoms with van der Waals surface area (Å²) >= 11 is 0.